The van der Waals surface area contributed by atoms with E-state index in [1.807, 2.05) is 42.1 Å². The number of carbonyl (C=O) groups excluding carboxylic acids is 1. The number of amides is 1. The van der Waals surface area contributed by atoms with E-state index in [2.05, 4.69) is 51.5 Å². The second-order valence-electron chi connectivity index (χ2n) is 8.26. The number of aromatic nitrogens is 2. The minimum absolute atomic E-state index is 0.0934. The molecule has 6 nitrogen and oxygen atoms in total. The number of piperidine rings is 1. The highest BCUT2D eigenvalue weighted by molar-refractivity contribution is 7.98. The molecule has 1 aliphatic heterocycles. The minimum atomic E-state index is 0.0934. The smallest absolute Gasteiger partial charge is 0.241 e. The first-order chi connectivity index (χ1) is 15.7. The van der Waals surface area contributed by atoms with Gasteiger partial charge in [0.25, 0.3) is 0 Å². The molecule has 2 heterocycles. The number of aryl methyl sites for hydroxylation is 1. The predicted octanol–water partition coefficient (Wildman–Crippen LogP) is 4.31. The van der Waals surface area contributed by atoms with Gasteiger partial charge in [-0.15, -0.1) is 0 Å². The second-order valence-corrected chi connectivity index (χ2v) is 9.36. The quantitative estimate of drug-likeness (QED) is 0.490. The molecule has 4 rings (SSSR count). The Morgan fingerprint density at radius 1 is 1.12 bits per heavy atom. The monoisotopic (exact) mass is 450 g/mol. The summed E-state index contributed by atoms with van der Waals surface area (Å²) in [5.41, 5.74) is 3.57. The lowest BCUT2D eigenvalue weighted by atomic mass is 9.96. The largest absolute Gasteiger partial charge is 0.355 e. The van der Waals surface area contributed by atoms with Crippen molar-refractivity contribution in [3.05, 3.63) is 71.6 Å². The third-order valence-corrected chi connectivity index (χ3v) is 6.78. The van der Waals surface area contributed by atoms with Crippen molar-refractivity contribution in [1.29, 1.82) is 0 Å². The van der Waals surface area contributed by atoms with Gasteiger partial charge in [0, 0.05) is 29.5 Å². The highest BCUT2D eigenvalue weighted by Crippen LogP contribution is 2.21. The molecule has 0 aliphatic carbocycles. The molecular formula is C25H30N4O2S. The molecule has 7 heteroatoms. The van der Waals surface area contributed by atoms with E-state index in [1.165, 1.54) is 11.1 Å². The molecule has 0 atom stereocenters. The number of hydrogen-bond acceptors (Lipinski definition) is 6. The number of nitrogens with zero attached hydrogens (tertiary/aromatic N) is 3. The van der Waals surface area contributed by atoms with Crippen molar-refractivity contribution >= 4 is 17.7 Å². The summed E-state index contributed by atoms with van der Waals surface area (Å²) in [4.78, 5) is 19.3. The standard InChI is InChI=1S/C25H30N4O2S/c1-19-7-9-20(10-8-19)18-32-16-13-26-25(30)22-11-14-29(15-12-22)17-23-27-24(28-31-23)21-5-3-2-4-6-21/h2-10,22H,11-18H2,1H3,(H,26,30). The van der Waals surface area contributed by atoms with Crippen molar-refractivity contribution in [2.24, 2.45) is 5.92 Å². The molecule has 0 bridgehead atoms. The summed E-state index contributed by atoms with van der Waals surface area (Å²) >= 11 is 1.86. The fourth-order valence-electron chi connectivity index (χ4n) is 3.83. The first-order valence-corrected chi connectivity index (χ1v) is 12.3. The minimum Gasteiger partial charge on any atom is -0.355 e. The summed E-state index contributed by atoms with van der Waals surface area (Å²) in [5.74, 6) is 3.43. The number of carbonyl (C=O) groups is 1. The van der Waals surface area contributed by atoms with E-state index in [4.69, 9.17) is 4.52 Å². The molecule has 0 saturated carbocycles. The molecule has 1 fully saturated rings. The molecule has 1 aromatic heterocycles. The lowest BCUT2D eigenvalue weighted by Crippen LogP contribution is -2.40. The van der Waals surface area contributed by atoms with Gasteiger partial charge in [-0.2, -0.15) is 16.7 Å². The van der Waals surface area contributed by atoms with Crippen molar-refractivity contribution in [2.75, 3.05) is 25.4 Å². The van der Waals surface area contributed by atoms with Crippen molar-refractivity contribution in [3.8, 4) is 11.4 Å². The van der Waals surface area contributed by atoms with Crippen LogP contribution in [0.3, 0.4) is 0 Å². The van der Waals surface area contributed by atoms with Crippen LogP contribution in [0.5, 0.6) is 0 Å². The molecule has 0 unspecified atom stereocenters. The average Bonchev–Trinajstić information content (AvgIpc) is 3.29. The van der Waals surface area contributed by atoms with Crippen LogP contribution in [0.15, 0.2) is 59.1 Å². The zero-order valence-corrected chi connectivity index (χ0v) is 19.3. The van der Waals surface area contributed by atoms with Crippen molar-refractivity contribution in [1.82, 2.24) is 20.4 Å². The van der Waals surface area contributed by atoms with Crippen LogP contribution in [0.1, 0.15) is 29.9 Å². The highest BCUT2D eigenvalue weighted by atomic mass is 32.2. The average molecular weight is 451 g/mol. The highest BCUT2D eigenvalue weighted by Gasteiger charge is 2.25. The van der Waals surface area contributed by atoms with Gasteiger partial charge in [0.1, 0.15) is 0 Å². The van der Waals surface area contributed by atoms with Crippen LogP contribution in [-0.2, 0) is 17.1 Å². The van der Waals surface area contributed by atoms with Crippen molar-refractivity contribution in [3.63, 3.8) is 0 Å². The van der Waals surface area contributed by atoms with Gasteiger partial charge in [-0.05, 0) is 38.4 Å². The Balaban J connectivity index is 1.13. The van der Waals surface area contributed by atoms with E-state index >= 15 is 0 Å². The van der Waals surface area contributed by atoms with Gasteiger partial charge in [0.05, 0.1) is 6.54 Å². The summed E-state index contributed by atoms with van der Waals surface area (Å²) in [5, 5.41) is 7.20. The maximum absolute atomic E-state index is 12.5. The van der Waals surface area contributed by atoms with E-state index in [0.29, 0.717) is 18.3 Å². The normalized spacial score (nSPS) is 15.0. The third-order valence-electron chi connectivity index (χ3n) is 5.75. The Bertz CT molecular complexity index is 983. The third kappa shape index (κ3) is 6.43. The van der Waals surface area contributed by atoms with E-state index in [-0.39, 0.29) is 11.8 Å². The van der Waals surface area contributed by atoms with Gasteiger partial charge >= 0.3 is 0 Å². The van der Waals surface area contributed by atoms with Gasteiger partial charge in [-0.25, -0.2) is 0 Å². The number of thioether (sulfide) groups is 1. The predicted molar refractivity (Wildman–Crippen MR) is 128 cm³/mol. The molecular weight excluding hydrogens is 420 g/mol. The molecule has 32 heavy (non-hydrogen) atoms. The van der Waals surface area contributed by atoms with Crippen molar-refractivity contribution < 1.29 is 9.32 Å². The molecule has 1 aliphatic rings. The lowest BCUT2D eigenvalue weighted by Gasteiger charge is -2.30. The first-order valence-electron chi connectivity index (χ1n) is 11.2. The van der Waals surface area contributed by atoms with Crippen LogP contribution >= 0.6 is 11.8 Å². The van der Waals surface area contributed by atoms with Gasteiger partial charge in [0.15, 0.2) is 0 Å². The zero-order valence-electron chi connectivity index (χ0n) is 18.5. The van der Waals surface area contributed by atoms with Gasteiger partial charge in [-0.3, -0.25) is 9.69 Å². The number of likely N-dealkylation sites (tertiary alicyclic amines) is 1. The van der Waals surface area contributed by atoms with Crippen LogP contribution in [0.25, 0.3) is 11.4 Å². The molecule has 1 amide bonds. The van der Waals surface area contributed by atoms with Crippen molar-refractivity contribution in [2.45, 2.75) is 32.1 Å². The van der Waals surface area contributed by atoms with Gasteiger partial charge in [0.2, 0.25) is 17.6 Å². The van der Waals surface area contributed by atoms with Crippen LogP contribution in [0, 0.1) is 12.8 Å². The van der Waals surface area contributed by atoms with Crippen LogP contribution in [0.2, 0.25) is 0 Å². The molecule has 0 spiro atoms. The van der Waals surface area contributed by atoms with Crippen LogP contribution in [-0.4, -0.2) is 46.3 Å². The summed E-state index contributed by atoms with van der Waals surface area (Å²) in [6, 6.07) is 18.5. The fourth-order valence-corrected chi connectivity index (χ4v) is 4.65. The maximum atomic E-state index is 12.5. The first kappa shape index (κ1) is 22.6. The van der Waals surface area contributed by atoms with Gasteiger partial charge < -0.3 is 9.84 Å². The summed E-state index contributed by atoms with van der Waals surface area (Å²) in [7, 11) is 0. The Labute approximate surface area is 193 Å². The fraction of sp³-hybridized carbons (Fsp3) is 0.400. The SMILES string of the molecule is Cc1ccc(CSCCNC(=O)C2CCN(Cc3nc(-c4ccccc4)no3)CC2)cc1. The summed E-state index contributed by atoms with van der Waals surface area (Å²) in [6.45, 7) is 5.18. The number of nitrogens with one attached hydrogen (secondary N) is 1. The molecule has 168 valence electrons. The Morgan fingerprint density at radius 3 is 2.62 bits per heavy atom. The Morgan fingerprint density at radius 2 is 1.88 bits per heavy atom. The van der Waals surface area contributed by atoms with Crippen LogP contribution in [0.4, 0.5) is 0 Å². The topological polar surface area (TPSA) is 71.3 Å². The van der Waals surface area contributed by atoms with Gasteiger partial charge in [-0.1, -0.05) is 65.3 Å². The number of hydrogen-bond donors (Lipinski definition) is 1. The molecule has 1 saturated heterocycles. The maximum Gasteiger partial charge on any atom is 0.241 e. The molecule has 3 aromatic rings. The van der Waals surface area contributed by atoms with E-state index < -0.39 is 0 Å². The molecule has 2 aromatic carbocycles. The second kappa shape index (κ2) is 11.3. The Hall–Kier alpha value is -2.64. The molecule has 1 N–H and O–H groups in total. The van der Waals surface area contributed by atoms with E-state index in [0.717, 1.165) is 49.5 Å². The van der Waals surface area contributed by atoms with E-state index in [9.17, 15) is 4.79 Å². The van der Waals surface area contributed by atoms with Crippen LogP contribution < -0.4 is 5.32 Å². The Kier molecular flexibility index (Phi) is 7.96. The zero-order chi connectivity index (χ0) is 22.2. The summed E-state index contributed by atoms with van der Waals surface area (Å²) < 4.78 is 5.43. The van der Waals surface area contributed by atoms with E-state index in [1.54, 1.807) is 0 Å². The molecule has 0 radical (unpaired) electrons. The summed E-state index contributed by atoms with van der Waals surface area (Å²) in [6.07, 6.45) is 1.73. The number of benzene rings is 2. The lowest BCUT2D eigenvalue weighted by molar-refractivity contribution is -0.126. The number of rotatable bonds is 9.